The summed E-state index contributed by atoms with van der Waals surface area (Å²) in [7, 11) is 1.78. The minimum Gasteiger partial charge on any atom is -0.478 e. The molecule has 2 N–H and O–H groups in total. The van der Waals surface area contributed by atoms with Crippen molar-refractivity contribution < 1.29 is 19.4 Å². The maximum Gasteiger partial charge on any atom is 0.336 e. The molecule has 0 aliphatic rings. The molecule has 0 radical (unpaired) electrons. The lowest BCUT2D eigenvalue weighted by Gasteiger charge is -2.10. The number of aromatic nitrogens is 1. The second-order valence-electron chi connectivity index (χ2n) is 8.47. The van der Waals surface area contributed by atoms with Gasteiger partial charge in [-0.25, -0.2) is 4.79 Å². The van der Waals surface area contributed by atoms with Gasteiger partial charge in [0.2, 0.25) is 0 Å². The van der Waals surface area contributed by atoms with Crippen molar-refractivity contribution in [3.63, 3.8) is 0 Å². The van der Waals surface area contributed by atoms with Crippen molar-refractivity contribution in [3.05, 3.63) is 119 Å². The van der Waals surface area contributed by atoms with E-state index >= 15 is 0 Å². The van der Waals surface area contributed by atoms with Gasteiger partial charge >= 0.3 is 5.97 Å². The van der Waals surface area contributed by atoms with Gasteiger partial charge in [0.15, 0.2) is 0 Å². The molecule has 6 nitrogen and oxygen atoms in total. The normalized spacial score (nSPS) is 11.7. The van der Waals surface area contributed by atoms with E-state index < -0.39 is 5.97 Å². The number of nitrogens with zero attached hydrogens (tertiary/aromatic N) is 1. The number of hydrogen-bond acceptors (Lipinski definition) is 3. The maximum atomic E-state index is 13.2. The van der Waals surface area contributed by atoms with Crippen LogP contribution in [0.1, 0.15) is 58.3 Å². The van der Waals surface area contributed by atoms with Crippen molar-refractivity contribution >= 4 is 11.9 Å². The first-order chi connectivity index (χ1) is 18.7. The molecule has 0 spiro atoms. The van der Waals surface area contributed by atoms with Crippen LogP contribution in [-0.2, 0) is 18.4 Å². The number of rotatable bonds is 10. The van der Waals surface area contributed by atoms with Gasteiger partial charge in [-0.3, -0.25) is 4.79 Å². The van der Waals surface area contributed by atoms with Gasteiger partial charge in [-0.15, -0.1) is 6.42 Å². The van der Waals surface area contributed by atoms with Crippen LogP contribution in [0.15, 0.2) is 91.2 Å². The zero-order chi connectivity index (χ0) is 28.9. The zero-order valence-corrected chi connectivity index (χ0v) is 23.2. The van der Waals surface area contributed by atoms with E-state index in [-0.39, 0.29) is 17.6 Å². The fourth-order valence-corrected chi connectivity index (χ4v) is 3.78. The van der Waals surface area contributed by atoms with Crippen molar-refractivity contribution in [3.8, 4) is 23.6 Å². The molecule has 202 valence electrons. The van der Waals surface area contributed by atoms with Crippen molar-refractivity contribution in [1.29, 1.82) is 0 Å². The number of benzene rings is 2. The van der Waals surface area contributed by atoms with Crippen molar-refractivity contribution in [2.45, 2.75) is 40.4 Å². The van der Waals surface area contributed by atoms with E-state index in [2.05, 4.69) is 17.8 Å². The third-order valence-electron chi connectivity index (χ3n) is 5.93. The Labute approximate surface area is 231 Å². The third kappa shape index (κ3) is 8.19. The molecule has 0 saturated carbocycles. The minimum absolute atomic E-state index is 0.103. The number of carboxylic acid groups (broad SMARTS) is 1. The lowest BCUT2D eigenvalue weighted by Crippen LogP contribution is -2.22. The van der Waals surface area contributed by atoms with E-state index in [1.807, 2.05) is 57.2 Å². The number of nitrogens with one attached hydrogen (secondary N) is 1. The van der Waals surface area contributed by atoms with Gasteiger partial charge in [0, 0.05) is 35.3 Å². The van der Waals surface area contributed by atoms with E-state index in [1.54, 1.807) is 55.0 Å². The van der Waals surface area contributed by atoms with Crippen molar-refractivity contribution in [2.75, 3.05) is 0 Å². The van der Waals surface area contributed by atoms with Gasteiger partial charge in [0.1, 0.15) is 0 Å². The van der Waals surface area contributed by atoms with Gasteiger partial charge in [0.05, 0.1) is 23.8 Å². The minimum atomic E-state index is -1.08. The predicted octanol–water partition coefficient (Wildman–Crippen LogP) is 6.67. The van der Waals surface area contributed by atoms with Gasteiger partial charge in [-0.05, 0) is 55.8 Å². The summed E-state index contributed by atoms with van der Waals surface area (Å²) in [4.78, 5) is 25.1. The third-order valence-corrected chi connectivity index (χ3v) is 5.93. The molecular formula is C33H36N2O4. The van der Waals surface area contributed by atoms with E-state index in [0.717, 1.165) is 5.56 Å². The first-order valence-electron chi connectivity index (χ1n) is 12.7. The van der Waals surface area contributed by atoms with Crippen LogP contribution in [0, 0.1) is 19.3 Å². The summed E-state index contributed by atoms with van der Waals surface area (Å²) in [6, 6.07) is 16.3. The van der Waals surface area contributed by atoms with Gasteiger partial charge in [-0.1, -0.05) is 68.8 Å². The molecular weight excluding hydrogens is 488 g/mol. The molecule has 2 aromatic carbocycles. The molecule has 1 atom stereocenters. The standard InChI is InChI=1S/C31H30N2O4.C2H6/c1-6-11-25(16-14-21(3)37-20-24-12-9-8-10-13-24)32-30(34)27-19-29(33(5)22(27)4)28-18-23(7-2)15-17-26(28)31(35)36;1-2/h2,6,8-19,21H,1,20H2,3-5H3,(H,32,34)(H,35,36);1-2H3/b16-14-,25-11+;. The van der Waals surface area contributed by atoms with Crippen molar-refractivity contribution in [1.82, 2.24) is 9.88 Å². The van der Waals surface area contributed by atoms with Crippen LogP contribution in [0.5, 0.6) is 0 Å². The number of terminal acetylenes is 1. The summed E-state index contributed by atoms with van der Waals surface area (Å²) >= 11 is 0. The van der Waals surface area contributed by atoms with Gasteiger partial charge in [0.25, 0.3) is 5.91 Å². The summed E-state index contributed by atoms with van der Waals surface area (Å²) in [5.74, 6) is 1.12. The van der Waals surface area contributed by atoms with E-state index in [0.29, 0.717) is 40.4 Å². The molecule has 0 bridgehead atoms. The number of allylic oxidation sites excluding steroid dienone is 3. The highest BCUT2D eigenvalue weighted by atomic mass is 16.5. The number of ether oxygens (including phenoxy) is 1. The highest BCUT2D eigenvalue weighted by Gasteiger charge is 2.21. The summed E-state index contributed by atoms with van der Waals surface area (Å²) in [5, 5.41) is 12.6. The summed E-state index contributed by atoms with van der Waals surface area (Å²) in [6.45, 7) is 11.9. The highest BCUT2D eigenvalue weighted by molar-refractivity contribution is 6.00. The Hall–Kier alpha value is -4.60. The van der Waals surface area contributed by atoms with Crippen LogP contribution in [0.25, 0.3) is 11.3 Å². The molecule has 0 aliphatic heterocycles. The monoisotopic (exact) mass is 524 g/mol. The highest BCUT2D eigenvalue weighted by Crippen LogP contribution is 2.29. The molecule has 6 heteroatoms. The average Bonchev–Trinajstić information content (AvgIpc) is 3.25. The zero-order valence-electron chi connectivity index (χ0n) is 23.2. The number of aromatic carboxylic acids is 1. The molecule has 1 heterocycles. The van der Waals surface area contributed by atoms with Crippen LogP contribution in [0.2, 0.25) is 0 Å². The quantitative estimate of drug-likeness (QED) is 0.229. The summed E-state index contributed by atoms with van der Waals surface area (Å²) in [6.07, 6.45) is 12.2. The fraction of sp³-hybridized carbons (Fsp3) is 0.212. The largest absolute Gasteiger partial charge is 0.478 e. The SMILES string of the molecule is C#Cc1ccc(C(=O)O)c(-c2cc(C(=O)NC(/C=C\C(C)OCc3ccccc3)=C/C=C)c(C)n2C)c1.CC. The lowest BCUT2D eigenvalue weighted by atomic mass is 10.0. The molecule has 0 saturated heterocycles. The molecule has 0 fully saturated rings. The van der Waals surface area contributed by atoms with Crippen LogP contribution in [0.4, 0.5) is 0 Å². The topological polar surface area (TPSA) is 80.6 Å². The first-order valence-corrected chi connectivity index (χ1v) is 12.7. The first kappa shape index (κ1) is 30.6. The average molecular weight is 525 g/mol. The Balaban J connectivity index is 0.00000260. The van der Waals surface area contributed by atoms with E-state index in [1.165, 1.54) is 6.07 Å². The molecule has 39 heavy (non-hydrogen) atoms. The number of amides is 1. The Kier molecular flexibility index (Phi) is 11.8. The molecule has 1 amide bonds. The van der Waals surface area contributed by atoms with Crippen LogP contribution in [0.3, 0.4) is 0 Å². The van der Waals surface area contributed by atoms with E-state index in [9.17, 15) is 14.7 Å². The van der Waals surface area contributed by atoms with Crippen LogP contribution in [-0.4, -0.2) is 27.7 Å². The summed E-state index contributed by atoms with van der Waals surface area (Å²) < 4.78 is 7.65. The molecule has 1 aromatic heterocycles. The second kappa shape index (κ2) is 15.0. The Bertz CT molecular complexity index is 1410. The van der Waals surface area contributed by atoms with Gasteiger partial charge in [-0.2, -0.15) is 0 Å². The Morgan fingerprint density at radius 1 is 1.15 bits per heavy atom. The maximum absolute atomic E-state index is 13.2. The summed E-state index contributed by atoms with van der Waals surface area (Å²) in [5.41, 5.74) is 4.38. The molecule has 1 unspecified atom stereocenters. The molecule has 0 aliphatic carbocycles. The number of carbonyl (C=O) groups is 2. The lowest BCUT2D eigenvalue weighted by molar-refractivity contribution is 0.0697. The predicted molar refractivity (Wildman–Crippen MR) is 157 cm³/mol. The molecule has 3 rings (SSSR count). The Morgan fingerprint density at radius 3 is 2.46 bits per heavy atom. The van der Waals surface area contributed by atoms with Crippen molar-refractivity contribution in [2.24, 2.45) is 7.05 Å². The van der Waals surface area contributed by atoms with E-state index in [4.69, 9.17) is 11.2 Å². The van der Waals surface area contributed by atoms with Crippen LogP contribution < -0.4 is 5.32 Å². The smallest absolute Gasteiger partial charge is 0.336 e. The van der Waals surface area contributed by atoms with Crippen LogP contribution >= 0.6 is 0 Å². The number of carbonyl (C=O) groups excluding carboxylic acids is 1. The van der Waals surface area contributed by atoms with Gasteiger partial charge < -0.3 is 19.7 Å². The second-order valence-corrected chi connectivity index (χ2v) is 8.47. The molecule has 3 aromatic rings. The Morgan fingerprint density at radius 2 is 1.85 bits per heavy atom. The number of hydrogen-bond donors (Lipinski definition) is 2. The fourth-order valence-electron chi connectivity index (χ4n) is 3.78. The number of carboxylic acids is 1.